The molecule has 5 rings (SSSR count). The van der Waals surface area contributed by atoms with E-state index in [0.717, 1.165) is 50.4 Å². The maximum atomic E-state index is 5.81. The largest absolute Gasteiger partial charge is 0.495 e. The van der Waals surface area contributed by atoms with Gasteiger partial charge in [0.15, 0.2) is 0 Å². The summed E-state index contributed by atoms with van der Waals surface area (Å²) >= 11 is 0. The SMILES string of the molecule is COc1c(C=NN=C(c2ccccc2)c2ccccc2)cc(C)cc1C=NN=C(c1ccccc1)c1ccccc1. The molecule has 0 fully saturated rings. The van der Waals surface area contributed by atoms with Crippen LogP contribution in [0, 0.1) is 6.92 Å². The van der Waals surface area contributed by atoms with Crippen LogP contribution in [0.1, 0.15) is 38.9 Å². The molecule has 0 heterocycles. The van der Waals surface area contributed by atoms with Gasteiger partial charge in [0.05, 0.1) is 19.5 Å². The second-order valence-corrected chi connectivity index (χ2v) is 9.33. The van der Waals surface area contributed by atoms with Crippen molar-refractivity contribution in [3.8, 4) is 5.75 Å². The fourth-order valence-electron chi connectivity index (χ4n) is 4.50. The lowest BCUT2D eigenvalue weighted by molar-refractivity contribution is 0.413. The molecular weight excluding hydrogens is 504 g/mol. The van der Waals surface area contributed by atoms with Gasteiger partial charge in [-0.25, -0.2) is 0 Å². The number of rotatable bonds is 9. The molecule has 0 radical (unpaired) electrons. The maximum Gasteiger partial charge on any atom is 0.136 e. The fraction of sp³-hybridized carbons (Fsp3) is 0.0556. The van der Waals surface area contributed by atoms with E-state index >= 15 is 0 Å². The van der Waals surface area contributed by atoms with Crippen LogP contribution in [0.2, 0.25) is 0 Å². The zero-order valence-corrected chi connectivity index (χ0v) is 23.1. The molecule has 5 heteroatoms. The number of ether oxygens (including phenoxy) is 1. The van der Waals surface area contributed by atoms with Crippen molar-refractivity contribution in [2.75, 3.05) is 7.11 Å². The van der Waals surface area contributed by atoms with Crippen molar-refractivity contribution in [2.24, 2.45) is 20.4 Å². The molecule has 0 saturated carbocycles. The van der Waals surface area contributed by atoms with Crippen molar-refractivity contribution in [3.05, 3.63) is 172 Å². The Morgan fingerprint density at radius 3 is 1.12 bits per heavy atom. The maximum absolute atomic E-state index is 5.81. The van der Waals surface area contributed by atoms with E-state index in [1.54, 1.807) is 19.5 Å². The molecule has 0 spiro atoms. The molecule has 5 aromatic rings. The number of hydrogen-bond donors (Lipinski definition) is 0. The summed E-state index contributed by atoms with van der Waals surface area (Å²) < 4.78 is 5.81. The minimum atomic E-state index is 0.649. The smallest absolute Gasteiger partial charge is 0.136 e. The summed E-state index contributed by atoms with van der Waals surface area (Å²) in [5.41, 5.74) is 8.19. The van der Waals surface area contributed by atoms with E-state index in [1.807, 2.05) is 140 Å². The van der Waals surface area contributed by atoms with Crippen LogP contribution in [0.25, 0.3) is 0 Å². The fourth-order valence-corrected chi connectivity index (χ4v) is 4.50. The Kier molecular flexibility index (Phi) is 9.00. The van der Waals surface area contributed by atoms with Crippen molar-refractivity contribution in [2.45, 2.75) is 6.92 Å². The second-order valence-electron chi connectivity index (χ2n) is 9.33. The van der Waals surface area contributed by atoms with E-state index in [4.69, 9.17) is 4.74 Å². The lowest BCUT2D eigenvalue weighted by Crippen LogP contribution is -2.03. The van der Waals surface area contributed by atoms with Crippen LogP contribution >= 0.6 is 0 Å². The first-order chi connectivity index (χ1) is 20.2. The molecule has 0 saturated heterocycles. The topological polar surface area (TPSA) is 58.7 Å². The highest BCUT2D eigenvalue weighted by molar-refractivity contribution is 6.13. The van der Waals surface area contributed by atoms with Crippen molar-refractivity contribution in [3.63, 3.8) is 0 Å². The molecule has 0 aliphatic rings. The van der Waals surface area contributed by atoms with Crippen LogP contribution in [-0.2, 0) is 0 Å². The number of methoxy groups -OCH3 is 1. The first kappa shape index (κ1) is 27.2. The number of hydrogen-bond acceptors (Lipinski definition) is 5. The van der Waals surface area contributed by atoms with E-state index in [2.05, 4.69) is 20.4 Å². The Balaban J connectivity index is 1.49. The Bertz CT molecular complexity index is 1490. The molecule has 0 amide bonds. The molecule has 0 aromatic heterocycles. The molecule has 5 aromatic carbocycles. The van der Waals surface area contributed by atoms with Crippen LogP contribution in [0.4, 0.5) is 0 Å². The van der Waals surface area contributed by atoms with Crippen molar-refractivity contribution >= 4 is 23.9 Å². The van der Waals surface area contributed by atoms with Crippen LogP contribution in [0.3, 0.4) is 0 Å². The Morgan fingerprint density at radius 2 is 0.829 bits per heavy atom. The minimum Gasteiger partial charge on any atom is -0.495 e. The van der Waals surface area contributed by atoms with Gasteiger partial charge in [0.2, 0.25) is 0 Å². The van der Waals surface area contributed by atoms with Crippen molar-refractivity contribution < 1.29 is 4.74 Å². The molecular formula is C36H30N4O. The van der Waals surface area contributed by atoms with Gasteiger partial charge in [-0.1, -0.05) is 121 Å². The predicted octanol–water partition coefficient (Wildman–Crippen LogP) is 7.75. The van der Waals surface area contributed by atoms with Gasteiger partial charge in [0.1, 0.15) is 17.2 Å². The number of nitrogens with zero attached hydrogens (tertiary/aromatic N) is 4. The highest BCUT2D eigenvalue weighted by atomic mass is 16.5. The Labute approximate surface area is 240 Å². The van der Waals surface area contributed by atoms with Crippen LogP contribution < -0.4 is 4.74 Å². The molecule has 41 heavy (non-hydrogen) atoms. The predicted molar refractivity (Wildman–Crippen MR) is 170 cm³/mol. The molecule has 0 unspecified atom stereocenters. The van der Waals surface area contributed by atoms with Gasteiger partial charge >= 0.3 is 0 Å². The monoisotopic (exact) mass is 534 g/mol. The molecule has 0 atom stereocenters. The summed E-state index contributed by atoms with van der Waals surface area (Å²) in [6.45, 7) is 2.03. The molecule has 5 nitrogen and oxygen atoms in total. The van der Waals surface area contributed by atoms with E-state index in [0.29, 0.717) is 5.75 Å². The zero-order valence-electron chi connectivity index (χ0n) is 23.1. The first-order valence-corrected chi connectivity index (χ1v) is 13.4. The summed E-state index contributed by atoms with van der Waals surface area (Å²) in [5.74, 6) is 0.649. The van der Waals surface area contributed by atoms with Crippen LogP contribution in [0.15, 0.2) is 154 Å². The average Bonchev–Trinajstić information content (AvgIpc) is 3.03. The standard InChI is InChI=1S/C36H30N4O/c1-27-23-32(25-37-39-34(28-15-7-3-8-16-28)29-17-9-4-10-18-29)36(41-2)33(24-27)26-38-40-35(30-19-11-5-12-20-30)31-21-13-6-14-22-31/h3-26H,1-2H3. The lowest BCUT2D eigenvalue weighted by atomic mass is 10.0. The normalized spacial score (nSPS) is 11.0. The Morgan fingerprint density at radius 1 is 0.512 bits per heavy atom. The molecule has 0 aliphatic carbocycles. The van der Waals surface area contributed by atoms with Crippen molar-refractivity contribution in [1.82, 2.24) is 0 Å². The molecule has 0 aliphatic heterocycles. The Hall–Kier alpha value is -5.42. The minimum absolute atomic E-state index is 0.649. The summed E-state index contributed by atoms with van der Waals surface area (Å²) in [5, 5.41) is 18.2. The summed E-state index contributed by atoms with van der Waals surface area (Å²) in [6, 6.07) is 44.2. The van der Waals surface area contributed by atoms with Gasteiger partial charge < -0.3 is 4.74 Å². The summed E-state index contributed by atoms with van der Waals surface area (Å²) in [6.07, 6.45) is 3.44. The van der Waals surface area contributed by atoms with E-state index in [-0.39, 0.29) is 0 Å². The van der Waals surface area contributed by atoms with E-state index < -0.39 is 0 Å². The number of benzene rings is 5. The van der Waals surface area contributed by atoms with E-state index in [9.17, 15) is 0 Å². The average molecular weight is 535 g/mol. The van der Waals surface area contributed by atoms with E-state index in [1.165, 1.54) is 0 Å². The highest BCUT2D eigenvalue weighted by Gasteiger charge is 2.10. The van der Waals surface area contributed by atoms with Gasteiger partial charge in [-0.15, -0.1) is 10.2 Å². The van der Waals surface area contributed by atoms with Gasteiger partial charge in [-0.2, -0.15) is 10.2 Å². The molecule has 200 valence electrons. The third kappa shape index (κ3) is 6.97. The van der Waals surface area contributed by atoms with Gasteiger partial charge in [0.25, 0.3) is 0 Å². The summed E-state index contributed by atoms with van der Waals surface area (Å²) in [4.78, 5) is 0. The molecule has 0 N–H and O–H groups in total. The highest BCUT2D eigenvalue weighted by Crippen LogP contribution is 2.24. The van der Waals surface area contributed by atoms with Crippen LogP contribution in [-0.4, -0.2) is 31.0 Å². The van der Waals surface area contributed by atoms with Gasteiger partial charge in [-0.3, -0.25) is 0 Å². The third-order valence-electron chi connectivity index (χ3n) is 6.39. The summed E-state index contributed by atoms with van der Waals surface area (Å²) in [7, 11) is 1.64. The zero-order chi connectivity index (χ0) is 28.3. The lowest BCUT2D eigenvalue weighted by Gasteiger charge is -2.10. The quantitative estimate of drug-likeness (QED) is 0.141. The third-order valence-corrected chi connectivity index (χ3v) is 6.39. The number of aryl methyl sites for hydroxylation is 1. The van der Waals surface area contributed by atoms with Gasteiger partial charge in [-0.05, 0) is 24.6 Å². The van der Waals surface area contributed by atoms with Gasteiger partial charge in [0, 0.05) is 33.4 Å². The first-order valence-electron chi connectivity index (χ1n) is 13.4. The molecule has 0 bridgehead atoms. The van der Waals surface area contributed by atoms with Crippen molar-refractivity contribution in [1.29, 1.82) is 0 Å². The second kappa shape index (κ2) is 13.6. The van der Waals surface area contributed by atoms with Crippen LogP contribution in [0.5, 0.6) is 5.75 Å².